The fraction of sp³-hybridized carbons (Fsp3) is 0.594. The quantitative estimate of drug-likeness (QED) is 0.298. The lowest BCUT2D eigenvalue weighted by Gasteiger charge is -2.54. The van der Waals surface area contributed by atoms with Crippen LogP contribution < -0.4 is 9.47 Å². The highest BCUT2D eigenvalue weighted by atomic mass is 32.2. The number of methoxy groups -OCH3 is 1. The number of benzene rings is 2. The second kappa shape index (κ2) is 11.0. The highest BCUT2D eigenvalue weighted by Crippen LogP contribution is 2.54. The van der Waals surface area contributed by atoms with Gasteiger partial charge in [0.1, 0.15) is 25.1 Å². The number of sulfonamides is 1. The van der Waals surface area contributed by atoms with Crippen LogP contribution in [-0.2, 0) is 33.4 Å². The molecule has 2 fully saturated rings. The van der Waals surface area contributed by atoms with Crippen LogP contribution in [-0.4, -0.2) is 83.9 Å². The minimum Gasteiger partial charge on any atom is -0.454 e. The zero-order valence-electron chi connectivity index (χ0n) is 27.3. The second-order valence-corrected chi connectivity index (χ2v) is 20.7. The van der Waals surface area contributed by atoms with Gasteiger partial charge in [0.05, 0.1) is 17.0 Å². The van der Waals surface area contributed by atoms with Crippen LogP contribution in [0.15, 0.2) is 41.3 Å². The van der Waals surface area contributed by atoms with E-state index < -0.39 is 66.4 Å². The zero-order valence-corrected chi connectivity index (χ0v) is 29.1. The predicted octanol–water partition coefficient (Wildman–Crippen LogP) is 4.93. The van der Waals surface area contributed by atoms with E-state index in [2.05, 4.69) is 33.9 Å². The Bertz CT molecular complexity index is 1590. The van der Waals surface area contributed by atoms with Gasteiger partial charge in [-0.1, -0.05) is 38.5 Å². The van der Waals surface area contributed by atoms with Crippen molar-refractivity contribution in [2.24, 2.45) is 0 Å². The highest BCUT2D eigenvalue weighted by molar-refractivity contribution is 7.89. The Morgan fingerprint density at radius 1 is 1.00 bits per heavy atom. The van der Waals surface area contributed by atoms with E-state index in [0.29, 0.717) is 17.1 Å². The van der Waals surface area contributed by atoms with Crippen LogP contribution in [0.4, 0.5) is 0 Å². The molecule has 13 heteroatoms. The van der Waals surface area contributed by atoms with E-state index in [1.165, 1.54) is 19.2 Å². The van der Waals surface area contributed by atoms with Gasteiger partial charge in [-0.2, -0.15) is 0 Å². The average molecular weight is 662 g/mol. The third-order valence-electron chi connectivity index (χ3n) is 9.67. The van der Waals surface area contributed by atoms with E-state index in [0.717, 1.165) is 9.87 Å². The van der Waals surface area contributed by atoms with E-state index in [-0.39, 0.29) is 29.1 Å². The molecule has 6 atom stereocenters. The van der Waals surface area contributed by atoms with Crippen LogP contribution >= 0.6 is 0 Å². The molecule has 11 nitrogen and oxygen atoms in total. The maximum Gasteiger partial charge on any atom is 0.268 e. The Balaban J connectivity index is 1.60. The average Bonchev–Trinajstić information content (AvgIpc) is 3.54. The van der Waals surface area contributed by atoms with E-state index in [4.69, 9.17) is 32.8 Å². The standard InChI is InChI=1S/C32H43NO10SSi/c1-18-10-12-19(13-11-18)44(35,36)33-25-24(20-14-22-23(39-17-38-22)15-21(20)30(33)34)26(40-16-37-7)29(43-45(8,9)31(2,3)4)28-27(25)41-32(5,6)42-28/h10-15,24-29H,16-17H2,1-9H3/t24-,25+,26+,27-,28-,29-/m0/s1. The summed E-state index contributed by atoms with van der Waals surface area (Å²) in [4.78, 5) is 14.5. The number of rotatable bonds is 7. The second-order valence-electron chi connectivity index (χ2n) is 14.2. The Labute approximate surface area is 266 Å². The molecule has 0 spiro atoms. The summed E-state index contributed by atoms with van der Waals surface area (Å²) in [6.07, 6.45) is -3.09. The zero-order chi connectivity index (χ0) is 32.7. The van der Waals surface area contributed by atoms with E-state index >= 15 is 0 Å². The van der Waals surface area contributed by atoms with Crippen molar-refractivity contribution in [2.45, 2.75) is 107 Å². The number of amides is 1. The van der Waals surface area contributed by atoms with Crippen molar-refractivity contribution in [3.05, 3.63) is 53.1 Å². The number of carbonyl (C=O) groups excluding carboxylic acids is 1. The molecule has 6 rings (SSSR count). The van der Waals surface area contributed by atoms with Crippen LogP contribution in [0.2, 0.25) is 18.1 Å². The van der Waals surface area contributed by atoms with Crippen LogP contribution in [0.25, 0.3) is 0 Å². The van der Waals surface area contributed by atoms with Gasteiger partial charge in [0.2, 0.25) is 6.79 Å². The molecule has 2 aromatic carbocycles. The minimum atomic E-state index is -4.39. The minimum absolute atomic E-state index is 0.00637. The molecule has 0 aromatic heterocycles. The molecular weight excluding hydrogens is 619 g/mol. The van der Waals surface area contributed by atoms with Crippen LogP contribution in [0.1, 0.15) is 62.0 Å². The first kappa shape index (κ1) is 32.4. The van der Waals surface area contributed by atoms with Gasteiger partial charge in [-0.3, -0.25) is 4.79 Å². The first-order chi connectivity index (χ1) is 21.0. The van der Waals surface area contributed by atoms with Crippen molar-refractivity contribution >= 4 is 24.2 Å². The van der Waals surface area contributed by atoms with Crippen molar-refractivity contribution in [1.82, 2.24) is 4.31 Å². The van der Waals surface area contributed by atoms with E-state index in [9.17, 15) is 13.2 Å². The van der Waals surface area contributed by atoms with Crippen molar-refractivity contribution in [2.75, 3.05) is 20.7 Å². The topological polar surface area (TPSA) is 119 Å². The molecule has 0 unspecified atom stereocenters. The smallest absolute Gasteiger partial charge is 0.268 e. The molecule has 1 saturated carbocycles. The number of carbonyl (C=O) groups is 1. The first-order valence-corrected chi connectivity index (χ1v) is 19.5. The third-order valence-corrected chi connectivity index (χ3v) is 15.9. The third kappa shape index (κ3) is 5.39. The number of aryl methyl sites for hydroxylation is 1. The largest absolute Gasteiger partial charge is 0.454 e. The molecule has 0 N–H and O–H groups in total. The van der Waals surface area contributed by atoms with E-state index in [1.807, 2.05) is 6.92 Å². The molecule has 1 aliphatic carbocycles. The van der Waals surface area contributed by atoms with Crippen molar-refractivity contribution in [1.29, 1.82) is 0 Å². The van der Waals surface area contributed by atoms with Gasteiger partial charge < -0.3 is 32.8 Å². The summed E-state index contributed by atoms with van der Waals surface area (Å²) >= 11 is 0. The highest BCUT2D eigenvalue weighted by Gasteiger charge is 2.66. The van der Waals surface area contributed by atoms with Gasteiger partial charge in [-0.25, -0.2) is 12.7 Å². The molecule has 1 amide bonds. The Kier molecular flexibility index (Phi) is 7.95. The number of hydrogen-bond acceptors (Lipinski definition) is 10. The maximum absolute atomic E-state index is 14.6. The van der Waals surface area contributed by atoms with Crippen LogP contribution in [0.5, 0.6) is 11.5 Å². The summed E-state index contributed by atoms with van der Waals surface area (Å²) in [7, 11) is -5.34. The van der Waals surface area contributed by atoms with Gasteiger partial charge in [-0.05, 0) is 68.7 Å². The maximum atomic E-state index is 14.6. The fourth-order valence-corrected chi connectivity index (χ4v) is 9.43. The number of hydrogen-bond donors (Lipinski definition) is 0. The molecule has 0 bridgehead atoms. The van der Waals surface area contributed by atoms with Crippen molar-refractivity contribution in [3.8, 4) is 11.5 Å². The predicted molar refractivity (Wildman–Crippen MR) is 166 cm³/mol. The number of nitrogens with zero attached hydrogens (tertiary/aromatic N) is 1. The Hall–Kier alpha value is -2.52. The number of fused-ring (bicyclic) bond motifs is 6. The SMILES string of the molecule is COCO[C@H]1[C@H](O[Si](C)(C)C(C)(C)C)[C@H]2OC(C)(C)O[C@H]2[C@H]2[C@@H]1c1cc3c(cc1C(=O)N2S(=O)(=O)c1ccc(C)cc1)OCO3. The summed E-state index contributed by atoms with van der Waals surface area (Å²) in [5, 5.41) is -0.159. The summed E-state index contributed by atoms with van der Waals surface area (Å²) in [5.74, 6) is -1.68. The lowest BCUT2D eigenvalue weighted by Crippen LogP contribution is -2.69. The summed E-state index contributed by atoms with van der Waals surface area (Å²) in [5.41, 5.74) is 1.65. The normalized spacial score (nSPS) is 28.9. The lowest BCUT2D eigenvalue weighted by atomic mass is 9.70. The van der Waals surface area contributed by atoms with Crippen LogP contribution in [0, 0.1) is 6.92 Å². The first-order valence-electron chi connectivity index (χ1n) is 15.2. The molecule has 246 valence electrons. The Morgan fingerprint density at radius 3 is 2.24 bits per heavy atom. The van der Waals surface area contributed by atoms with Crippen molar-refractivity contribution < 1.29 is 46.1 Å². The molecule has 2 aromatic rings. The van der Waals surface area contributed by atoms with Gasteiger partial charge in [0, 0.05) is 18.6 Å². The van der Waals surface area contributed by atoms with Gasteiger partial charge in [0.25, 0.3) is 15.9 Å². The molecule has 1 saturated heterocycles. The summed E-state index contributed by atoms with van der Waals surface area (Å²) in [6.45, 7) is 16.1. The monoisotopic (exact) mass is 661 g/mol. The van der Waals surface area contributed by atoms with Crippen LogP contribution in [0.3, 0.4) is 0 Å². The van der Waals surface area contributed by atoms with Gasteiger partial charge in [-0.15, -0.1) is 0 Å². The molecule has 0 radical (unpaired) electrons. The van der Waals surface area contributed by atoms with E-state index in [1.54, 1.807) is 38.1 Å². The molecule has 3 heterocycles. The lowest BCUT2D eigenvalue weighted by molar-refractivity contribution is -0.179. The fourth-order valence-electron chi connectivity index (χ4n) is 6.53. The Morgan fingerprint density at radius 2 is 1.62 bits per heavy atom. The van der Waals surface area contributed by atoms with Gasteiger partial charge in [0.15, 0.2) is 25.6 Å². The molecular formula is C32H43NO10SSi. The molecule has 3 aliphatic heterocycles. The van der Waals surface area contributed by atoms with Crippen molar-refractivity contribution in [3.63, 3.8) is 0 Å². The number of ether oxygens (including phenoxy) is 6. The molecule has 45 heavy (non-hydrogen) atoms. The summed E-state index contributed by atoms with van der Waals surface area (Å²) in [6, 6.07) is 8.73. The van der Waals surface area contributed by atoms with Gasteiger partial charge >= 0.3 is 0 Å². The molecule has 4 aliphatic rings. The summed E-state index contributed by atoms with van der Waals surface area (Å²) < 4.78 is 73.6.